The highest BCUT2D eigenvalue weighted by Gasteiger charge is 2.26. The molecule has 0 spiro atoms. The Morgan fingerprint density at radius 3 is 2.40 bits per heavy atom. The molecular weight excluding hydrogens is 262 g/mol. The highest BCUT2D eigenvalue weighted by atomic mass is 16.3. The van der Waals surface area contributed by atoms with Crippen molar-refractivity contribution in [1.29, 1.82) is 0 Å². The molecule has 0 radical (unpaired) electrons. The van der Waals surface area contributed by atoms with Gasteiger partial charge in [-0.05, 0) is 12.1 Å². The highest BCUT2D eigenvalue weighted by molar-refractivity contribution is 6.35. The summed E-state index contributed by atoms with van der Waals surface area (Å²) in [5.74, 6) is -0.649. The van der Waals surface area contributed by atoms with E-state index in [1.54, 1.807) is 17.0 Å². The lowest BCUT2D eigenvalue weighted by Gasteiger charge is -2.33. The van der Waals surface area contributed by atoms with Gasteiger partial charge in [0.05, 0.1) is 12.8 Å². The largest absolute Gasteiger partial charge is 0.467 e. The summed E-state index contributed by atoms with van der Waals surface area (Å²) in [5, 5.41) is 2.51. The molecule has 1 aromatic rings. The van der Waals surface area contributed by atoms with Crippen molar-refractivity contribution in [3.8, 4) is 0 Å². The molecule has 0 saturated carbocycles. The molecule has 1 N–H and O–H groups in total. The number of hydrogen-bond acceptors (Lipinski definition) is 4. The van der Waals surface area contributed by atoms with Gasteiger partial charge in [-0.1, -0.05) is 0 Å². The van der Waals surface area contributed by atoms with Gasteiger partial charge in [-0.2, -0.15) is 0 Å². The molecule has 0 aromatic carbocycles. The van der Waals surface area contributed by atoms with Crippen LogP contribution in [0.25, 0.3) is 0 Å². The maximum absolute atomic E-state index is 11.9. The molecule has 1 aromatic heterocycles. The molecule has 2 rings (SSSR count). The van der Waals surface area contributed by atoms with E-state index in [-0.39, 0.29) is 12.5 Å². The van der Waals surface area contributed by atoms with Gasteiger partial charge < -0.3 is 19.5 Å². The van der Waals surface area contributed by atoms with E-state index in [9.17, 15) is 14.4 Å². The minimum absolute atomic E-state index is 0.0145. The van der Waals surface area contributed by atoms with Crippen molar-refractivity contribution in [3.05, 3.63) is 24.2 Å². The lowest BCUT2D eigenvalue weighted by atomic mass is 10.3. The molecule has 2 heterocycles. The molecule has 0 atom stereocenters. The zero-order valence-corrected chi connectivity index (χ0v) is 11.3. The predicted octanol–water partition coefficient (Wildman–Crippen LogP) is -0.413. The molecule has 1 saturated heterocycles. The van der Waals surface area contributed by atoms with Gasteiger partial charge in [-0.25, -0.2) is 0 Å². The molecular formula is C13H17N3O4. The number of carbonyl (C=O) groups is 3. The quantitative estimate of drug-likeness (QED) is 0.746. The number of rotatable bonds is 2. The van der Waals surface area contributed by atoms with Crippen molar-refractivity contribution >= 4 is 17.7 Å². The second-order valence-electron chi connectivity index (χ2n) is 4.56. The number of nitrogens with one attached hydrogen (secondary N) is 1. The number of furan rings is 1. The minimum atomic E-state index is -0.655. The average Bonchev–Trinajstić information content (AvgIpc) is 2.97. The van der Waals surface area contributed by atoms with Gasteiger partial charge in [-0.3, -0.25) is 14.4 Å². The molecule has 3 amide bonds. The van der Waals surface area contributed by atoms with E-state index in [0.29, 0.717) is 31.9 Å². The highest BCUT2D eigenvalue weighted by Crippen LogP contribution is 2.03. The molecule has 0 bridgehead atoms. The van der Waals surface area contributed by atoms with Gasteiger partial charge in [0, 0.05) is 33.1 Å². The zero-order chi connectivity index (χ0) is 14.5. The van der Waals surface area contributed by atoms with Crippen LogP contribution < -0.4 is 5.32 Å². The lowest BCUT2D eigenvalue weighted by molar-refractivity contribution is -0.148. The van der Waals surface area contributed by atoms with Crippen molar-refractivity contribution in [3.63, 3.8) is 0 Å². The number of carbonyl (C=O) groups excluding carboxylic acids is 3. The molecule has 1 aliphatic heterocycles. The SMILES string of the molecule is CC(=O)N1CCN(C(=O)C(=O)NCc2ccco2)CC1. The van der Waals surface area contributed by atoms with E-state index in [4.69, 9.17) is 4.42 Å². The van der Waals surface area contributed by atoms with Crippen LogP contribution in [0.3, 0.4) is 0 Å². The molecule has 0 unspecified atom stereocenters. The van der Waals surface area contributed by atoms with Crippen LogP contribution in [-0.4, -0.2) is 53.7 Å². The fourth-order valence-electron chi connectivity index (χ4n) is 2.02. The Morgan fingerprint density at radius 2 is 1.85 bits per heavy atom. The van der Waals surface area contributed by atoms with Crippen LogP contribution in [0.4, 0.5) is 0 Å². The Labute approximate surface area is 116 Å². The summed E-state index contributed by atoms with van der Waals surface area (Å²) >= 11 is 0. The molecule has 1 fully saturated rings. The van der Waals surface area contributed by atoms with Crippen molar-refractivity contribution in [2.75, 3.05) is 26.2 Å². The summed E-state index contributed by atoms with van der Waals surface area (Å²) in [4.78, 5) is 37.9. The zero-order valence-electron chi connectivity index (χ0n) is 11.3. The van der Waals surface area contributed by atoms with Crippen molar-refractivity contribution in [2.24, 2.45) is 0 Å². The molecule has 7 nitrogen and oxygen atoms in total. The van der Waals surface area contributed by atoms with Crippen LogP contribution >= 0.6 is 0 Å². The van der Waals surface area contributed by atoms with E-state index < -0.39 is 11.8 Å². The second kappa shape index (κ2) is 6.23. The number of nitrogens with zero attached hydrogens (tertiary/aromatic N) is 2. The third-order valence-corrected chi connectivity index (χ3v) is 3.21. The Hall–Kier alpha value is -2.31. The molecule has 0 aliphatic carbocycles. The Balaban J connectivity index is 1.79. The molecule has 7 heteroatoms. The third-order valence-electron chi connectivity index (χ3n) is 3.21. The summed E-state index contributed by atoms with van der Waals surface area (Å²) in [7, 11) is 0. The first-order valence-electron chi connectivity index (χ1n) is 6.43. The maximum atomic E-state index is 11.9. The van der Waals surface area contributed by atoms with E-state index in [1.165, 1.54) is 18.1 Å². The normalized spacial score (nSPS) is 15.1. The summed E-state index contributed by atoms with van der Waals surface area (Å²) in [6, 6.07) is 3.43. The van der Waals surface area contributed by atoms with Crippen molar-refractivity contribution < 1.29 is 18.8 Å². The average molecular weight is 279 g/mol. The summed E-state index contributed by atoms with van der Waals surface area (Å²) < 4.78 is 5.07. The summed E-state index contributed by atoms with van der Waals surface area (Å²) in [6.45, 7) is 3.37. The van der Waals surface area contributed by atoms with E-state index in [1.807, 2.05) is 0 Å². The number of hydrogen-bond donors (Lipinski definition) is 1. The Bertz CT molecular complexity index is 490. The van der Waals surface area contributed by atoms with Crippen LogP contribution in [-0.2, 0) is 20.9 Å². The first-order chi connectivity index (χ1) is 9.58. The first-order valence-corrected chi connectivity index (χ1v) is 6.43. The second-order valence-corrected chi connectivity index (χ2v) is 4.56. The topological polar surface area (TPSA) is 82.9 Å². The van der Waals surface area contributed by atoms with Gasteiger partial charge in [0.1, 0.15) is 5.76 Å². The van der Waals surface area contributed by atoms with Crippen LogP contribution in [0.5, 0.6) is 0 Å². The molecule has 108 valence electrons. The minimum Gasteiger partial charge on any atom is -0.467 e. The van der Waals surface area contributed by atoms with Crippen LogP contribution in [0.15, 0.2) is 22.8 Å². The van der Waals surface area contributed by atoms with Gasteiger partial charge in [0.25, 0.3) is 0 Å². The fourth-order valence-corrected chi connectivity index (χ4v) is 2.02. The Kier molecular flexibility index (Phi) is 4.39. The maximum Gasteiger partial charge on any atom is 0.312 e. The lowest BCUT2D eigenvalue weighted by Crippen LogP contribution is -2.53. The van der Waals surface area contributed by atoms with Crippen LogP contribution in [0.1, 0.15) is 12.7 Å². The predicted molar refractivity (Wildman–Crippen MR) is 69.4 cm³/mol. The summed E-state index contributed by atoms with van der Waals surface area (Å²) in [5.41, 5.74) is 0. The van der Waals surface area contributed by atoms with Crippen LogP contribution in [0, 0.1) is 0 Å². The van der Waals surface area contributed by atoms with Gasteiger partial charge in [0.15, 0.2) is 0 Å². The molecule has 20 heavy (non-hydrogen) atoms. The van der Waals surface area contributed by atoms with Gasteiger partial charge in [0.2, 0.25) is 5.91 Å². The number of piperazine rings is 1. The monoisotopic (exact) mass is 279 g/mol. The van der Waals surface area contributed by atoms with Gasteiger partial charge in [-0.15, -0.1) is 0 Å². The smallest absolute Gasteiger partial charge is 0.312 e. The number of amides is 3. The molecule has 1 aliphatic rings. The summed E-state index contributed by atoms with van der Waals surface area (Å²) in [6.07, 6.45) is 1.50. The fraction of sp³-hybridized carbons (Fsp3) is 0.462. The standard InChI is InChI=1S/C13H17N3O4/c1-10(17)15-4-6-16(7-5-15)13(19)12(18)14-9-11-3-2-8-20-11/h2-3,8H,4-7,9H2,1H3,(H,14,18). The third kappa shape index (κ3) is 3.37. The first kappa shape index (κ1) is 14.1. The van der Waals surface area contributed by atoms with Crippen molar-refractivity contribution in [1.82, 2.24) is 15.1 Å². The van der Waals surface area contributed by atoms with Crippen molar-refractivity contribution in [2.45, 2.75) is 13.5 Å². The van der Waals surface area contributed by atoms with E-state index in [0.717, 1.165) is 0 Å². The Morgan fingerprint density at radius 1 is 1.20 bits per heavy atom. The van der Waals surface area contributed by atoms with E-state index >= 15 is 0 Å². The van der Waals surface area contributed by atoms with E-state index in [2.05, 4.69) is 5.32 Å². The van der Waals surface area contributed by atoms with Crippen LogP contribution in [0.2, 0.25) is 0 Å². The van der Waals surface area contributed by atoms with Gasteiger partial charge >= 0.3 is 11.8 Å².